The van der Waals surface area contributed by atoms with E-state index < -0.39 is 29.2 Å². The van der Waals surface area contributed by atoms with E-state index in [4.69, 9.17) is 23.2 Å². The van der Waals surface area contributed by atoms with E-state index in [1.807, 2.05) is 11.0 Å². The molecular weight excluding hydrogens is 556 g/mol. The number of hydrogen-bond donors (Lipinski definition) is 4. The number of piperazine rings is 1. The summed E-state index contributed by atoms with van der Waals surface area (Å²) in [5, 5.41) is 12.6. The quantitative estimate of drug-likeness (QED) is 0.413. The van der Waals surface area contributed by atoms with Gasteiger partial charge in [-0.1, -0.05) is 56.1 Å². The molecule has 0 saturated carbocycles. The van der Waals surface area contributed by atoms with Crippen LogP contribution in [0, 0.1) is 11.2 Å². The van der Waals surface area contributed by atoms with Crippen molar-refractivity contribution < 1.29 is 18.8 Å². The first kappa shape index (κ1) is 28.8. The molecule has 2 aromatic rings. The van der Waals surface area contributed by atoms with E-state index >= 15 is 0 Å². The van der Waals surface area contributed by atoms with Gasteiger partial charge in [-0.25, -0.2) is 4.39 Å². The second-order valence-electron chi connectivity index (χ2n) is 12.0. The molecule has 0 aliphatic carbocycles. The molecule has 3 amide bonds. The summed E-state index contributed by atoms with van der Waals surface area (Å²) in [5.41, 5.74) is 0.0839. The molecule has 3 heterocycles. The second kappa shape index (κ2) is 10.9. The Morgan fingerprint density at radius 3 is 2.67 bits per heavy atom. The number of carbonyl (C=O) groups is 3. The highest BCUT2D eigenvalue weighted by atomic mass is 35.5. The Morgan fingerprint density at radius 2 is 1.98 bits per heavy atom. The molecule has 0 unspecified atom stereocenters. The van der Waals surface area contributed by atoms with Crippen LogP contribution in [0.5, 0.6) is 0 Å². The van der Waals surface area contributed by atoms with Gasteiger partial charge in [0, 0.05) is 48.8 Å². The van der Waals surface area contributed by atoms with Crippen LogP contribution in [0.15, 0.2) is 36.4 Å². The van der Waals surface area contributed by atoms with Crippen LogP contribution in [-0.4, -0.2) is 67.4 Å². The monoisotopic (exact) mass is 589 g/mol. The number of benzene rings is 2. The topological polar surface area (TPSA) is 103 Å². The number of amides is 3. The summed E-state index contributed by atoms with van der Waals surface area (Å²) >= 11 is 12.5. The first-order valence-corrected chi connectivity index (χ1v) is 14.2. The highest BCUT2D eigenvalue weighted by molar-refractivity contribution is 6.31. The molecule has 2 aromatic carbocycles. The SMILES string of the molecule is CC(C)(C)C[C@H]1N[C@@H](C(=O)NCCN2CCNC(=O)C2)[C@H](c2cccc(Cl)c2)[C@@]12C(=O)Nc1cc(Cl)c(F)cc12. The van der Waals surface area contributed by atoms with Crippen LogP contribution in [0.2, 0.25) is 10.0 Å². The maximum absolute atomic E-state index is 15.0. The van der Waals surface area contributed by atoms with Gasteiger partial charge in [0.25, 0.3) is 0 Å². The predicted molar refractivity (Wildman–Crippen MR) is 153 cm³/mol. The van der Waals surface area contributed by atoms with Gasteiger partial charge in [0.2, 0.25) is 17.7 Å². The molecule has 40 heavy (non-hydrogen) atoms. The highest BCUT2D eigenvalue weighted by Crippen LogP contribution is 2.57. The lowest BCUT2D eigenvalue weighted by atomic mass is 9.62. The molecule has 0 bridgehead atoms. The van der Waals surface area contributed by atoms with Crippen molar-refractivity contribution in [1.29, 1.82) is 0 Å². The van der Waals surface area contributed by atoms with Crippen LogP contribution in [0.25, 0.3) is 0 Å². The van der Waals surface area contributed by atoms with Gasteiger partial charge in [-0.2, -0.15) is 0 Å². The molecule has 214 valence electrons. The minimum atomic E-state index is -1.30. The van der Waals surface area contributed by atoms with Crippen molar-refractivity contribution in [1.82, 2.24) is 20.9 Å². The lowest BCUT2D eigenvalue weighted by Gasteiger charge is -2.37. The van der Waals surface area contributed by atoms with E-state index in [1.165, 1.54) is 12.1 Å². The minimum absolute atomic E-state index is 0.0405. The molecule has 0 radical (unpaired) electrons. The average Bonchev–Trinajstić information content (AvgIpc) is 3.34. The molecule has 3 aliphatic rings. The zero-order chi connectivity index (χ0) is 28.8. The number of hydrogen-bond acceptors (Lipinski definition) is 5. The third-order valence-corrected chi connectivity index (χ3v) is 8.56. The van der Waals surface area contributed by atoms with Crippen LogP contribution < -0.4 is 21.3 Å². The van der Waals surface area contributed by atoms with Crippen molar-refractivity contribution in [2.45, 2.75) is 50.6 Å². The molecule has 3 aliphatic heterocycles. The Hall–Kier alpha value is -2.72. The number of rotatable bonds is 6. The molecule has 8 nitrogen and oxygen atoms in total. The molecule has 2 fully saturated rings. The van der Waals surface area contributed by atoms with Crippen molar-refractivity contribution in [3.63, 3.8) is 0 Å². The average molecular weight is 591 g/mol. The van der Waals surface area contributed by atoms with Crippen molar-refractivity contribution in [3.05, 3.63) is 63.4 Å². The van der Waals surface area contributed by atoms with E-state index in [-0.39, 0.29) is 34.7 Å². The fraction of sp³-hybridized carbons (Fsp3) is 0.483. The van der Waals surface area contributed by atoms with E-state index in [0.29, 0.717) is 54.4 Å². The van der Waals surface area contributed by atoms with E-state index in [9.17, 15) is 18.8 Å². The summed E-state index contributed by atoms with van der Waals surface area (Å²) in [6, 6.07) is 8.58. The zero-order valence-electron chi connectivity index (χ0n) is 22.7. The maximum Gasteiger partial charge on any atom is 0.237 e. The molecule has 4 atom stereocenters. The molecule has 2 saturated heterocycles. The van der Waals surface area contributed by atoms with Gasteiger partial charge in [0.05, 0.1) is 17.6 Å². The number of halogens is 3. The van der Waals surface area contributed by atoms with Crippen LogP contribution in [0.4, 0.5) is 10.1 Å². The fourth-order valence-corrected chi connectivity index (χ4v) is 6.83. The molecular formula is C29H34Cl2FN5O3. The molecule has 11 heteroatoms. The number of carbonyl (C=O) groups excluding carboxylic acids is 3. The van der Waals surface area contributed by atoms with Crippen LogP contribution >= 0.6 is 23.2 Å². The van der Waals surface area contributed by atoms with Crippen molar-refractivity contribution in [3.8, 4) is 0 Å². The highest BCUT2D eigenvalue weighted by Gasteiger charge is 2.65. The maximum atomic E-state index is 15.0. The van der Waals surface area contributed by atoms with Crippen molar-refractivity contribution >= 4 is 46.6 Å². The van der Waals surface area contributed by atoms with E-state index in [2.05, 4.69) is 42.0 Å². The van der Waals surface area contributed by atoms with Crippen molar-refractivity contribution in [2.75, 3.05) is 38.0 Å². The predicted octanol–water partition coefficient (Wildman–Crippen LogP) is 3.43. The zero-order valence-corrected chi connectivity index (χ0v) is 24.3. The summed E-state index contributed by atoms with van der Waals surface area (Å²) in [5.74, 6) is -1.96. The Balaban J connectivity index is 1.56. The Morgan fingerprint density at radius 1 is 1.20 bits per heavy atom. The number of anilines is 1. The Labute approximate surface area is 243 Å². The molecule has 5 rings (SSSR count). The summed E-state index contributed by atoms with van der Waals surface area (Å²) in [7, 11) is 0. The summed E-state index contributed by atoms with van der Waals surface area (Å²) < 4.78 is 15.0. The Bertz CT molecular complexity index is 1350. The lowest BCUT2D eigenvalue weighted by Crippen LogP contribution is -2.51. The van der Waals surface area contributed by atoms with Gasteiger partial charge >= 0.3 is 0 Å². The number of fused-ring (bicyclic) bond motifs is 2. The van der Waals surface area contributed by atoms with Crippen molar-refractivity contribution in [2.24, 2.45) is 5.41 Å². The fourth-order valence-electron chi connectivity index (χ4n) is 6.46. The van der Waals surface area contributed by atoms with Gasteiger partial charge < -0.3 is 21.3 Å². The third kappa shape index (κ3) is 5.32. The Kier molecular flexibility index (Phi) is 7.87. The first-order valence-electron chi connectivity index (χ1n) is 13.5. The van der Waals surface area contributed by atoms with Gasteiger partial charge in [-0.15, -0.1) is 0 Å². The smallest absolute Gasteiger partial charge is 0.237 e. The van der Waals surface area contributed by atoms with Crippen LogP contribution in [-0.2, 0) is 19.8 Å². The summed E-state index contributed by atoms with van der Waals surface area (Å²) in [4.78, 5) is 41.7. The van der Waals surface area contributed by atoms with Gasteiger partial charge in [0.1, 0.15) is 11.2 Å². The largest absolute Gasteiger partial charge is 0.354 e. The normalized spacial score (nSPS) is 26.5. The molecule has 1 spiro atoms. The van der Waals surface area contributed by atoms with Crippen LogP contribution in [0.3, 0.4) is 0 Å². The van der Waals surface area contributed by atoms with Gasteiger partial charge in [-0.05, 0) is 47.2 Å². The van der Waals surface area contributed by atoms with Gasteiger partial charge in [-0.3, -0.25) is 19.3 Å². The lowest BCUT2D eigenvalue weighted by molar-refractivity contribution is -0.124. The van der Waals surface area contributed by atoms with Gasteiger partial charge in [0.15, 0.2) is 0 Å². The third-order valence-electron chi connectivity index (χ3n) is 8.04. The number of nitrogens with zero attached hydrogens (tertiary/aromatic N) is 1. The second-order valence-corrected chi connectivity index (χ2v) is 12.9. The molecule has 0 aromatic heterocycles. The standard InChI is InChI=1S/C29H34Cl2FN5O3/c1-28(2,3)14-22-29(18-12-20(32)19(31)13-21(18)35-27(29)40)24(16-5-4-6-17(30)11-16)25(36-22)26(39)34-8-10-37-9-7-33-23(38)15-37/h4-6,11-13,22,24-25,36H,7-10,14-15H2,1-3H3,(H,33,38)(H,34,39)(H,35,40)/t22-,24+,25-,29+/m1/s1. The summed E-state index contributed by atoms with van der Waals surface area (Å²) in [6.45, 7) is 8.59. The van der Waals surface area contributed by atoms with E-state index in [0.717, 1.165) is 0 Å². The first-order chi connectivity index (χ1) is 18.9. The van der Waals surface area contributed by atoms with Crippen LogP contribution in [0.1, 0.15) is 44.2 Å². The number of nitrogens with one attached hydrogen (secondary N) is 4. The minimum Gasteiger partial charge on any atom is -0.354 e. The molecule has 4 N–H and O–H groups in total. The van der Waals surface area contributed by atoms with E-state index in [1.54, 1.807) is 18.2 Å². The summed E-state index contributed by atoms with van der Waals surface area (Å²) in [6.07, 6.45) is 0.536.